The Balaban J connectivity index is 0.000000191. The molecule has 4 aromatic rings. The van der Waals surface area contributed by atoms with Crippen LogP contribution in [-0.2, 0) is 30.8 Å². The van der Waals surface area contributed by atoms with Gasteiger partial charge in [0.1, 0.15) is 31.6 Å². The number of halogens is 2. The Hall–Kier alpha value is -4.65. The number of carboxylic acid groups (broad SMARTS) is 1. The minimum Gasteiger partial charge on any atom is -0.489 e. The van der Waals surface area contributed by atoms with Crippen LogP contribution in [0.4, 0.5) is 4.39 Å². The Bertz CT molecular complexity index is 1950. The molecule has 7 rings (SSSR count). The van der Waals surface area contributed by atoms with Crippen molar-refractivity contribution in [3.63, 3.8) is 0 Å². The van der Waals surface area contributed by atoms with Gasteiger partial charge in [0.25, 0.3) is 0 Å². The van der Waals surface area contributed by atoms with Gasteiger partial charge in [-0.2, -0.15) is 5.26 Å². The van der Waals surface area contributed by atoms with E-state index in [1.54, 1.807) is 18.3 Å². The average molecular weight is 726 g/mol. The molecule has 2 heterocycles. The first-order chi connectivity index (χ1) is 25.3. The van der Waals surface area contributed by atoms with E-state index in [9.17, 15) is 14.3 Å². The molecule has 0 amide bonds. The van der Waals surface area contributed by atoms with Crippen molar-refractivity contribution < 1.29 is 28.5 Å². The number of carbonyl (C=O) groups is 1. The first-order valence-electron chi connectivity index (χ1n) is 18.2. The predicted octanol–water partition coefficient (Wildman–Crippen LogP) is 9.18. The molecule has 3 atom stereocenters. The number of benzene rings is 3. The van der Waals surface area contributed by atoms with Crippen LogP contribution in [0.25, 0.3) is 11.1 Å². The molecule has 3 aromatic carbocycles. The Labute approximate surface area is 309 Å². The fourth-order valence-corrected chi connectivity index (χ4v) is 7.76. The van der Waals surface area contributed by atoms with Crippen LogP contribution in [0.3, 0.4) is 0 Å². The third-order valence-electron chi connectivity index (χ3n) is 10.2. The van der Waals surface area contributed by atoms with Crippen molar-refractivity contribution in [1.82, 2.24) is 10.3 Å². The average Bonchev–Trinajstić information content (AvgIpc) is 3.55. The van der Waals surface area contributed by atoms with Gasteiger partial charge < -0.3 is 24.6 Å². The van der Waals surface area contributed by atoms with Gasteiger partial charge in [0.15, 0.2) is 17.3 Å². The number of fused-ring (bicyclic) bond motifs is 2. The highest BCUT2D eigenvalue weighted by Crippen LogP contribution is 2.43. The predicted molar refractivity (Wildman–Crippen MR) is 199 cm³/mol. The summed E-state index contributed by atoms with van der Waals surface area (Å²) in [5, 5.41) is 22.7. The minimum atomic E-state index is -0.741. The summed E-state index contributed by atoms with van der Waals surface area (Å²) in [7, 11) is 0. The molecule has 272 valence electrons. The van der Waals surface area contributed by atoms with Gasteiger partial charge in [-0.15, -0.1) is 0 Å². The summed E-state index contributed by atoms with van der Waals surface area (Å²) < 4.78 is 31.8. The zero-order chi connectivity index (χ0) is 36.6. The molecule has 1 fully saturated rings. The van der Waals surface area contributed by atoms with Crippen LogP contribution in [0, 0.1) is 23.1 Å². The van der Waals surface area contributed by atoms with Crippen LogP contribution in [0.2, 0.25) is 5.02 Å². The van der Waals surface area contributed by atoms with Gasteiger partial charge in [0.05, 0.1) is 11.5 Å². The number of hydrogen-bond donors (Lipinski definition) is 2. The van der Waals surface area contributed by atoms with Gasteiger partial charge in [-0.25, -0.2) is 4.39 Å². The third-order valence-corrected chi connectivity index (χ3v) is 10.6. The molecular weight excluding hydrogens is 681 g/mol. The maximum absolute atomic E-state index is 14.8. The zero-order valence-corrected chi connectivity index (χ0v) is 30.5. The summed E-state index contributed by atoms with van der Waals surface area (Å²) in [5.41, 5.74) is 7.45. The number of pyridine rings is 1. The normalized spacial score (nSPS) is 18.8. The van der Waals surface area contributed by atoms with Crippen molar-refractivity contribution in [2.24, 2.45) is 5.92 Å². The highest BCUT2D eigenvalue weighted by molar-refractivity contribution is 6.31. The molecular formula is C42H45ClFN3O5. The van der Waals surface area contributed by atoms with Gasteiger partial charge in [-0.05, 0) is 90.6 Å². The van der Waals surface area contributed by atoms with E-state index in [-0.39, 0.29) is 30.1 Å². The van der Waals surface area contributed by atoms with E-state index >= 15 is 0 Å². The summed E-state index contributed by atoms with van der Waals surface area (Å²) >= 11 is 6.51. The molecule has 0 saturated heterocycles. The highest BCUT2D eigenvalue weighted by Gasteiger charge is 2.31. The van der Waals surface area contributed by atoms with Crippen LogP contribution < -0.4 is 19.5 Å². The maximum Gasteiger partial charge on any atom is 0.308 e. The lowest BCUT2D eigenvalue weighted by atomic mass is 9.84. The number of aromatic nitrogens is 1. The monoisotopic (exact) mass is 725 g/mol. The van der Waals surface area contributed by atoms with Crippen LogP contribution in [0.1, 0.15) is 91.7 Å². The van der Waals surface area contributed by atoms with Gasteiger partial charge in [-0.3, -0.25) is 9.78 Å². The van der Waals surface area contributed by atoms with Crippen molar-refractivity contribution >= 4 is 17.6 Å². The Morgan fingerprint density at radius 2 is 1.90 bits per heavy atom. The third kappa shape index (κ3) is 8.52. The van der Waals surface area contributed by atoms with Gasteiger partial charge in [0, 0.05) is 46.7 Å². The molecule has 10 heteroatoms. The van der Waals surface area contributed by atoms with E-state index in [1.807, 2.05) is 30.3 Å². The lowest BCUT2D eigenvalue weighted by Crippen LogP contribution is -2.41. The van der Waals surface area contributed by atoms with Crippen LogP contribution >= 0.6 is 11.6 Å². The largest absolute Gasteiger partial charge is 0.489 e. The number of aliphatic carboxylic acids is 1. The first kappa shape index (κ1) is 37.1. The number of hydrogen-bond acceptors (Lipinski definition) is 7. The highest BCUT2D eigenvalue weighted by atomic mass is 35.5. The molecule has 1 saturated carbocycles. The molecule has 1 aliphatic heterocycles. The van der Waals surface area contributed by atoms with Gasteiger partial charge in [-0.1, -0.05) is 62.9 Å². The van der Waals surface area contributed by atoms with E-state index in [1.165, 1.54) is 17.3 Å². The number of nitriles is 1. The fourth-order valence-electron chi connectivity index (χ4n) is 7.47. The number of nitrogens with one attached hydrogen (secondary N) is 1. The van der Waals surface area contributed by atoms with E-state index in [2.05, 4.69) is 36.3 Å². The lowest BCUT2D eigenvalue weighted by Gasteiger charge is -2.29. The number of rotatable bonds is 10. The molecule has 1 unspecified atom stereocenters. The summed E-state index contributed by atoms with van der Waals surface area (Å²) in [6, 6.07) is 17.5. The summed E-state index contributed by atoms with van der Waals surface area (Å²) in [5.74, 6) is 0.610. The van der Waals surface area contributed by atoms with Crippen molar-refractivity contribution in [2.45, 2.75) is 90.3 Å². The fraction of sp³-hybridized carbons (Fsp3) is 0.405. The summed E-state index contributed by atoms with van der Waals surface area (Å²) in [4.78, 5) is 15.7. The molecule has 1 aromatic heterocycles. The molecule has 0 radical (unpaired) electrons. The van der Waals surface area contributed by atoms with Crippen molar-refractivity contribution in [3.8, 4) is 34.4 Å². The number of aryl methyl sites for hydroxylation is 1. The number of carboxylic acids is 1. The molecule has 0 bridgehead atoms. The standard InChI is InChI=1S/C24H28ClN3O3.C18H17FO2/c1-2-5-18-10-23(31-15-17-8-16(11-26)12-27-13-17)19(9-21(18)25)14-28-22-7-4-3-6-20(22)24(29)30;1-11-5-6-14-12(11)3-2-4-13(14)15-7-8-16-18(17(15)19)21-10-9-20-16/h8-10,12-13,20,22,28H,2-7,14-15H2,1H3,(H,29,30);2-4,7-8,11H,5-6,9-10H2,1H3/t20?,22-;11-/m00/s1. The van der Waals surface area contributed by atoms with E-state index in [4.69, 9.17) is 31.1 Å². The molecule has 2 N–H and O–H groups in total. The van der Waals surface area contributed by atoms with Crippen molar-refractivity contribution in [2.75, 3.05) is 13.2 Å². The van der Waals surface area contributed by atoms with Crippen molar-refractivity contribution in [3.05, 3.63) is 105 Å². The first-order valence-corrected chi connectivity index (χ1v) is 18.6. The van der Waals surface area contributed by atoms with E-state index < -0.39 is 5.97 Å². The smallest absolute Gasteiger partial charge is 0.308 e. The van der Waals surface area contributed by atoms with Gasteiger partial charge in [0.2, 0.25) is 0 Å². The van der Waals surface area contributed by atoms with Gasteiger partial charge >= 0.3 is 5.97 Å². The molecule has 8 nitrogen and oxygen atoms in total. The second kappa shape index (κ2) is 17.2. The van der Waals surface area contributed by atoms with Crippen LogP contribution in [0.5, 0.6) is 17.2 Å². The second-order valence-corrected chi connectivity index (χ2v) is 14.2. The van der Waals surface area contributed by atoms with Crippen LogP contribution in [-0.4, -0.2) is 35.3 Å². The molecule has 2 aliphatic carbocycles. The van der Waals surface area contributed by atoms with E-state index in [0.29, 0.717) is 59.7 Å². The molecule has 0 spiro atoms. The van der Waals surface area contributed by atoms with Crippen molar-refractivity contribution in [1.29, 1.82) is 5.26 Å². The molecule has 52 heavy (non-hydrogen) atoms. The summed E-state index contributed by atoms with van der Waals surface area (Å²) in [6.45, 7) is 5.97. The second-order valence-electron chi connectivity index (χ2n) is 13.8. The Morgan fingerprint density at radius 3 is 2.71 bits per heavy atom. The number of ether oxygens (including phenoxy) is 3. The maximum atomic E-state index is 14.8. The molecule has 3 aliphatic rings. The summed E-state index contributed by atoms with van der Waals surface area (Å²) in [6.07, 6.45) is 10.7. The lowest BCUT2D eigenvalue weighted by molar-refractivity contribution is -0.143. The Kier molecular flexibility index (Phi) is 12.3. The minimum absolute atomic E-state index is 0.0651. The number of nitrogens with zero attached hydrogens (tertiary/aromatic N) is 2. The topological polar surface area (TPSA) is 114 Å². The van der Waals surface area contributed by atoms with E-state index in [0.717, 1.165) is 67.2 Å². The quantitative estimate of drug-likeness (QED) is 0.166. The Morgan fingerprint density at radius 1 is 1.08 bits per heavy atom. The van der Waals surface area contributed by atoms with Crippen LogP contribution in [0.15, 0.2) is 60.9 Å². The SMILES string of the molecule is CCCc1cc(OCc2cncc(C#N)c2)c(CN[C@H]2CCCCC2C(=O)O)cc1Cl.C[C@H]1CCc2c(-c3ccc4c(c3F)OCCO4)cccc21. The zero-order valence-electron chi connectivity index (χ0n) is 29.7.